The van der Waals surface area contributed by atoms with Crippen LogP contribution in [-0.4, -0.2) is 60.2 Å². The average Bonchev–Trinajstić information content (AvgIpc) is 2.73. The lowest BCUT2D eigenvalue weighted by Gasteiger charge is -2.34. The molecule has 3 amide bonds. The number of halogens is 3. The normalized spacial score (nSPS) is 13.9. The maximum absolute atomic E-state index is 13.3. The lowest BCUT2D eigenvalue weighted by atomic mass is 10.1. The zero-order valence-corrected chi connectivity index (χ0v) is 16.1. The maximum Gasteiger partial charge on any atom is 0.254 e. The van der Waals surface area contributed by atoms with E-state index in [9.17, 15) is 23.2 Å². The number of carbonyl (C=O) groups excluding carboxylic acids is 3. The van der Waals surface area contributed by atoms with E-state index in [2.05, 4.69) is 5.32 Å². The van der Waals surface area contributed by atoms with Crippen molar-refractivity contribution in [1.82, 2.24) is 15.1 Å². The second-order valence-electron chi connectivity index (χ2n) is 6.46. The molecule has 1 fully saturated rings. The fourth-order valence-electron chi connectivity index (χ4n) is 2.98. The summed E-state index contributed by atoms with van der Waals surface area (Å²) in [5.41, 5.74) is 0.333. The number of nitrogens with zero attached hydrogens (tertiary/aromatic N) is 2. The first kappa shape index (κ1) is 20.7. The van der Waals surface area contributed by atoms with E-state index in [0.29, 0.717) is 5.02 Å². The molecule has 1 heterocycles. The topological polar surface area (TPSA) is 69.7 Å². The van der Waals surface area contributed by atoms with Crippen LogP contribution in [0.3, 0.4) is 0 Å². The average molecular weight is 422 g/mol. The summed E-state index contributed by atoms with van der Waals surface area (Å²) in [4.78, 5) is 39.9. The van der Waals surface area contributed by atoms with E-state index in [1.54, 1.807) is 24.3 Å². The first-order valence-corrected chi connectivity index (χ1v) is 9.29. The number of amides is 3. The molecule has 6 nitrogen and oxygen atoms in total. The molecule has 1 N–H and O–H groups in total. The predicted molar refractivity (Wildman–Crippen MR) is 103 cm³/mol. The van der Waals surface area contributed by atoms with Gasteiger partial charge in [0.05, 0.1) is 17.1 Å². The second-order valence-corrected chi connectivity index (χ2v) is 6.87. The summed E-state index contributed by atoms with van der Waals surface area (Å²) in [5.74, 6) is -3.26. The van der Waals surface area contributed by atoms with Crippen molar-refractivity contribution in [2.45, 2.75) is 0 Å². The van der Waals surface area contributed by atoms with Crippen LogP contribution in [-0.2, 0) is 4.79 Å². The van der Waals surface area contributed by atoms with E-state index >= 15 is 0 Å². The summed E-state index contributed by atoms with van der Waals surface area (Å²) < 4.78 is 26.4. The first-order valence-electron chi connectivity index (χ1n) is 8.91. The second kappa shape index (κ2) is 9.00. The Morgan fingerprint density at radius 3 is 2.24 bits per heavy atom. The molecule has 2 aromatic carbocycles. The molecule has 0 bridgehead atoms. The van der Waals surface area contributed by atoms with Gasteiger partial charge in [-0.2, -0.15) is 0 Å². The molecule has 29 heavy (non-hydrogen) atoms. The number of hydrogen-bond donors (Lipinski definition) is 1. The van der Waals surface area contributed by atoms with Crippen LogP contribution < -0.4 is 5.32 Å². The SMILES string of the molecule is O=C(NCC(=O)N1CCN(C(=O)c2ccc(F)c(F)c2)CC1)c1ccccc1Cl. The van der Waals surface area contributed by atoms with Crippen LogP contribution in [0.25, 0.3) is 0 Å². The van der Waals surface area contributed by atoms with Gasteiger partial charge in [-0.25, -0.2) is 8.78 Å². The van der Waals surface area contributed by atoms with Crippen molar-refractivity contribution in [2.75, 3.05) is 32.7 Å². The summed E-state index contributed by atoms with van der Waals surface area (Å²) in [6.07, 6.45) is 0. The minimum atomic E-state index is -1.08. The van der Waals surface area contributed by atoms with Crippen LogP contribution in [0, 0.1) is 11.6 Å². The third kappa shape index (κ3) is 4.89. The molecule has 1 aliphatic heterocycles. The van der Waals surface area contributed by atoms with Gasteiger partial charge in [0, 0.05) is 31.7 Å². The maximum atomic E-state index is 13.3. The lowest BCUT2D eigenvalue weighted by Crippen LogP contribution is -2.52. The number of benzene rings is 2. The Morgan fingerprint density at radius 2 is 1.59 bits per heavy atom. The summed E-state index contributed by atoms with van der Waals surface area (Å²) in [6, 6.07) is 9.51. The lowest BCUT2D eigenvalue weighted by molar-refractivity contribution is -0.131. The minimum Gasteiger partial charge on any atom is -0.343 e. The van der Waals surface area contributed by atoms with Crippen molar-refractivity contribution >= 4 is 29.3 Å². The van der Waals surface area contributed by atoms with Crippen LogP contribution >= 0.6 is 11.6 Å². The fraction of sp³-hybridized carbons (Fsp3) is 0.250. The standard InChI is InChI=1S/C20H18ClF2N3O3/c21-15-4-2-1-3-14(15)19(28)24-12-18(27)25-7-9-26(10-8-25)20(29)13-5-6-16(22)17(23)11-13/h1-6,11H,7-10,12H2,(H,24,28). The van der Waals surface area contributed by atoms with E-state index < -0.39 is 23.4 Å². The molecule has 0 unspecified atom stereocenters. The molecule has 152 valence electrons. The first-order chi connectivity index (χ1) is 13.9. The molecule has 0 atom stereocenters. The Hall–Kier alpha value is -3.00. The van der Waals surface area contributed by atoms with Crippen molar-refractivity contribution in [1.29, 1.82) is 0 Å². The Kier molecular flexibility index (Phi) is 6.43. The zero-order chi connectivity index (χ0) is 21.0. The Bertz CT molecular complexity index is 946. The number of hydrogen-bond acceptors (Lipinski definition) is 3. The highest BCUT2D eigenvalue weighted by Gasteiger charge is 2.25. The molecular weight excluding hydrogens is 404 g/mol. The van der Waals surface area contributed by atoms with Gasteiger partial charge in [-0.15, -0.1) is 0 Å². The van der Waals surface area contributed by atoms with Gasteiger partial charge in [-0.05, 0) is 30.3 Å². The highest BCUT2D eigenvalue weighted by molar-refractivity contribution is 6.33. The molecule has 3 rings (SSSR count). The molecule has 1 saturated heterocycles. The molecule has 0 aromatic heterocycles. The number of piperazine rings is 1. The number of rotatable bonds is 4. The van der Waals surface area contributed by atoms with E-state index in [-0.39, 0.29) is 49.8 Å². The summed E-state index contributed by atoms with van der Waals surface area (Å²) >= 11 is 5.96. The third-order valence-corrected chi connectivity index (χ3v) is 4.93. The van der Waals surface area contributed by atoms with Gasteiger partial charge < -0.3 is 15.1 Å². The van der Waals surface area contributed by atoms with E-state index in [0.717, 1.165) is 12.1 Å². The van der Waals surface area contributed by atoms with Crippen molar-refractivity contribution in [3.63, 3.8) is 0 Å². The van der Waals surface area contributed by atoms with E-state index in [1.165, 1.54) is 15.9 Å². The van der Waals surface area contributed by atoms with Crippen LogP contribution in [0.1, 0.15) is 20.7 Å². The van der Waals surface area contributed by atoms with Crippen molar-refractivity contribution in [2.24, 2.45) is 0 Å². The quantitative estimate of drug-likeness (QED) is 0.823. The molecule has 1 aliphatic rings. The molecule has 2 aromatic rings. The van der Waals surface area contributed by atoms with E-state index in [4.69, 9.17) is 11.6 Å². The van der Waals surface area contributed by atoms with E-state index in [1.807, 2.05) is 0 Å². The molecular formula is C20H18ClF2N3O3. The van der Waals surface area contributed by atoms with Crippen molar-refractivity contribution in [3.05, 3.63) is 70.2 Å². The largest absolute Gasteiger partial charge is 0.343 e. The summed E-state index contributed by atoms with van der Waals surface area (Å²) in [6.45, 7) is 0.859. The van der Waals surface area contributed by atoms with Crippen LogP contribution in [0.15, 0.2) is 42.5 Å². The highest BCUT2D eigenvalue weighted by atomic mass is 35.5. The Labute approximate surface area is 171 Å². The third-order valence-electron chi connectivity index (χ3n) is 4.60. The van der Waals surface area contributed by atoms with Gasteiger partial charge in [0.1, 0.15) is 0 Å². The van der Waals surface area contributed by atoms with Crippen molar-refractivity contribution in [3.8, 4) is 0 Å². The monoisotopic (exact) mass is 421 g/mol. The fourth-order valence-corrected chi connectivity index (χ4v) is 3.20. The van der Waals surface area contributed by atoms with Gasteiger partial charge in [0.2, 0.25) is 5.91 Å². The summed E-state index contributed by atoms with van der Waals surface area (Å²) in [7, 11) is 0. The highest BCUT2D eigenvalue weighted by Crippen LogP contribution is 2.15. The van der Waals surface area contributed by atoms with Gasteiger partial charge >= 0.3 is 0 Å². The molecule has 9 heteroatoms. The minimum absolute atomic E-state index is 0.0516. The predicted octanol–water partition coefficient (Wildman–Crippen LogP) is 2.33. The molecule has 0 spiro atoms. The van der Waals surface area contributed by atoms with Crippen LogP contribution in [0.2, 0.25) is 5.02 Å². The molecule has 0 saturated carbocycles. The Balaban J connectivity index is 1.50. The van der Waals surface area contributed by atoms with Gasteiger partial charge in [0.15, 0.2) is 11.6 Å². The molecule has 0 aliphatic carbocycles. The van der Waals surface area contributed by atoms with Crippen LogP contribution in [0.4, 0.5) is 8.78 Å². The van der Waals surface area contributed by atoms with Gasteiger partial charge in [-0.3, -0.25) is 14.4 Å². The van der Waals surface area contributed by atoms with Crippen LogP contribution in [0.5, 0.6) is 0 Å². The number of carbonyl (C=O) groups is 3. The van der Waals surface area contributed by atoms with Gasteiger partial charge in [0.25, 0.3) is 11.8 Å². The Morgan fingerprint density at radius 1 is 0.931 bits per heavy atom. The van der Waals surface area contributed by atoms with Gasteiger partial charge in [-0.1, -0.05) is 23.7 Å². The summed E-state index contributed by atoms with van der Waals surface area (Å²) in [5, 5.41) is 2.83. The van der Waals surface area contributed by atoms with Crippen molar-refractivity contribution < 1.29 is 23.2 Å². The smallest absolute Gasteiger partial charge is 0.254 e. The zero-order valence-electron chi connectivity index (χ0n) is 15.3. The molecule has 0 radical (unpaired) electrons. The number of nitrogens with one attached hydrogen (secondary N) is 1.